The Hall–Kier alpha value is -2.14. The summed E-state index contributed by atoms with van der Waals surface area (Å²) in [7, 11) is 2.93. The molecule has 1 N–H and O–H groups in total. The molecular weight excluding hydrogens is 261 g/mol. The third kappa shape index (κ3) is 3.05. The monoisotopic (exact) mass is 277 g/mol. The van der Waals surface area contributed by atoms with E-state index >= 15 is 0 Å². The number of nitrogens with zero attached hydrogens (tertiary/aromatic N) is 1. The summed E-state index contributed by atoms with van der Waals surface area (Å²) in [5.74, 6) is 0.248. The lowest BCUT2D eigenvalue weighted by atomic mass is 10.0. The molecule has 2 aromatic rings. The largest absolute Gasteiger partial charge is 0.495 e. The number of ether oxygens (including phenoxy) is 2. The fourth-order valence-corrected chi connectivity index (χ4v) is 2.01. The van der Waals surface area contributed by atoms with Gasteiger partial charge in [-0.05, 0) is 23.8 Å². The second kappa shape index (κ2) is 6.34. The Kier molecular flexibility index (Phi) is 4.53. The first-order valence-electron chi connectivity index (χ1n) is 6.14. The first-order valence-corrected chi connectivity index (χ1v) is 6.14. The van der Waals surface area contributed by atoms with Gasteiger partial charge in [0.25, 0.3) is 0 Å². The highest BCUT2D eigenvalue weighted by molar-refractivity contribution is 5.34. The van der Waals surface area contributed by atoms with E-state index in [2.05, 4.69) is 4.98 Å². The summed E-state index contributed by atoms with van der Waals surface area (Å²) in [6.45, 7) is 0. The molecule has 5 heteroatoms. The van der Waals surface area contributed by atoms with Gasteiger partial charge in [0.05, 0.1) is 26.5 Å². The van der Waals surface area contributed by atoms with Gasteiger partial charge in [-0.1, -0.05) is 6.07 Å². The maximum absolute atomic E-state index is 13.6. The zero-order valence-electron chi connectivity index (χ0n) is 11.3. The summed E-state index contributed by atoms with van der Waals surface area (Å²) >= 11 is 0. The Morgan fingerprint density at radius 3 is 2.60 bits per heavy atom. The Morgan fingerprint density at radius 2 is 1.95 bits per heavy atom. The van der Waals surface area contributed by atoms with Crippen LogP contribution in [0.2, 0.25) is 0 Å². The summed E-state index contributed by atoms with van der Waals surface area (Å²) in [5.41, 5.74) is 1.30. The van der Waals surface area contributed by atoms with E-state index in [1.807, 2.05) is 0 Å². The van der Waals surface area contributed by atoms with E-state index in [1.165, 1.54) is 26.5 Å². The van der Waals surface area contributed by atoms with Gasteiger partial charge in [0.1, 0.15) is 5.75 Å². The predicted molar refractivity (Wildman–Crippen MR) is 72.4 cm³/mol. The number of hydrogen-bond acceptors (Lipinski definition) is 4. The van der Waals surface area contributed by atoms with Gasteiger partial charge in [-0.25, -0.2) is 4.39 Å². The summed E-state index contributed by atoms with van der Waals surface area (Å²) in [6.07, 6.45) is 2.60. The van der Waals surface area contributed by atoms with E-state index in [1.54, 1.807) is 24.4 Å². The summed E-state index contributed by atoms with van der Waals surface area (Å²) in [6, 6.07) is 6.30. The van der Waals surface area contributed by atoms with Crippen LogP contribution in [0.25, 0.3) is 0 Å². The number of pyridine rings is 1. The molecule has 0 aliphatic heterocycles. The molecule has 0 bridgehead atoms. The Labute approximate surface area is 116 Å². The van der Waals surface area contributed by atoms with Crippen LogP contribution in [0.3, 0.4) is 0 Å². The second-order valence-corrected chi connectivity index (χ2v) is 4.31. The molecule has 1 unspecified atom stereocenters. The lowest BCUT2D eigenvalue weighted by molar-refractivity contribution is 0.173. The van der Waals surface area contributed by atoms with Crippen LogP contribution in [0.4, 0.5) is 4.39 Å². The van der Waals surface area contributed by atoms with Crippen molar-refractivity contribution in [1.82, 2.24) is 4.98 Å². The zero-order valence-corrected chi connectivity index (χ0v) is 11.3. The first-order chi connectivity index (χ1) is 9.65. The third-order valence-electron chi connectivity index (χ3n) is 3.04. The minimum Gasteiger partial charge on any atom is -0.495 e. The van der Waals surface area contributed by atoms with Gasteiger partial charge in [-0.15, -0.1) is 0 Å². The van der Waals surface area contributed by atoms with Crippen molar-refractivity contribution in [2.45, 2.75) is 12.5 Å². The number of aromatic nitrogens is 1. The molecule has 4 nitrogen and oxygen atoms in total. The molecule has 0 radical (unpaired) electrons. The van der Waals surface area contributed by atoms with Crippen molar-refractivity contribution in [2.75, 3.05) is 14.2 Å². The molecule has 1 aromatic heterocycles. The van der Waals surface area contributed by atoms with E-state index in [0.29, 0.717) is 16.9 Å². The van der Waals surface area contributed by atoms with Crippen LogP contribution in [0.15, 0.2) is 36.7 Å². The van der Waals surface area contributed by atoms with E-state index in [9.17, 15) is 9.50 Å². The van der Waals surface area contributed by atoms with E-state index in [4.69, 9.17) is 9.47 Å². The summed E-state index contributed by atoms with van der Waals surface area (Å²) in [5, 5.41) is 10.2. The van der Waals surface area contributed by atoms with Crippen molar-refractivity contribution in [1.29, 1.82) is 0 Å². The molecule has 0 aliphatic carbocycles. The molecule has 0 fully saturated rings. The quantitative estimate of drug-likeness (QED) is 0.912. The van der Waals surface area contributed by atoms with Crippen LogP contribution in [0, 0.1) is 5.82 Å². The van der Waals surface area contributed by atoms with Gasteiger partial charge >= 0.3 is 0 Å². The molecule has 0 saturated heterocycles. The van der Waals surface area contributed by atoms with Crippen molar-refractivity contribution in [3.63, 3.8) is 0 Å². The van der Waals surface area contributed by atoms with Crippen molar-refractivity contribution in [2.24, 2.45) is 0 Å². The molecule has 20 heavy (non-hydrogen) atoms. The molecule has 1 aromatic carbocycles. The van der Waals surface area contributed by atoms with Crippen molar-refractivity contribution in [3.05, 3.63) is 53.6 Å². The average Bonchev–Trinajstić information content (AvgIpc) is 2.47. The fourth-order valence-electron chi connectivity index (χ4n) is 2.01. The smallest absolute Gasteiger partial charge is 0.165 e. The van der Waals surface area contributed by atoms with Gasteiger partial charge in [-0.2, -0.15) is 0 Å². The van der Waals surface area contributed by atoms with Gasteiger partial charge in [0.2, 0.25) is 0 Å². The second-order valence-electron chi connectivity index (χ2n) is 4.31. The molecule has 1 heterocycles. The normalized spacial score (nSPS) is 12.0. The van der Waals surface area contributed by atoms with Crippen LogP contribution in [0.1, 0.15) is 17.2 Å². The maximum atomic E-state index is 13.6. The van der Waals surface area contributed by atoms with Gasteiger partial charge < -0.3 is 14.6 Å². The third-order valence-corrected chi connectivity index (χ3v) is 3.04. The zero-order chi connectivity index (χ0) is 14.5. The Bertz CT molecular complexity index is 589. The highest BCUT2D eigenvalue weighted by atomic mass is 19.1. The molecule has 0 spiro atoms. The highest BCUT2D eigenvalue weighted by Gasteiger charge is 2.15. The predicted octanol–water partition coefficient (Wildman–Crippen LogP) is 2.51. The van der Waals surface area contributed by atoms with Crippen LogP contribution in [-0.2, 0) is 6.42 Å². The standard InChI is InChI=1S/C15H16FNO3/c1-19-14-4-3-10(7-12(14)16)8-13(18)11-5-6-17-9-15(11)20-2/h3-7,9,13,18H,8H2,1-2H3. The first kappa shape index (κ1) is 14.3. The molecule has 106 valence electrons. The minimum absolute atomic E-state index is 0.185. The van der Waals surface area contributed by atoms with Gasteiger partial charge in [0.15, 0.2) is 11.6 Å². The van der Waals surface area contributed by atoms with Crippen LogP contribution >= 0.6 is 0 Å². The molecule has 0 saturated carbocycles. The van der Waals surface area contributed by atoms with Crippen molar-refractivity contribution in [3.8, 4) is 11.5 Å². The lowest BCUT2D eigenvalue weighted by Gasteiger charge is -2.14. The van der Waals surface area contributed by atoms with Gasteiger partial charge in [0, 0.05) is 18.2 Å². The molecular formula is C15H16FNO3. The fraction of sp³-hybridized carbons (Fsp3) is 0.267. The number of methoxy groups -OCH3 is 2. The number of aliphatic hydroxyl groups excluding tert-OH is 1. The van der Waals surface area contributed by atoms with Crippen LogP contribution in [0.5, 0.6) is 11.5 Å². The molecule has 0 amide bonds. The molecule has 0 aliphatic rings. The Balaban J connectivity index is 2.19. The van der Waals surface area contributed by atoms with Crippen LogP contribution < -0.4 is 9.47 Å². The number of benzene rings is 1. The topological polar surface area (TPSA) is 51.6 Å². The van der Waals surface area contributed by atoms with Crippen LogP contribution in [-0.4, -0.2) is 24.3 Å². The highest BCUT2D eigenvalue weighted by Crippen LogP contribution is 2.27. The number of aliphatic hydroxyl groups is 1. The van der Waals surface area contributed by atoms with E-state index < -0.39 is 11.9 Å². The van der Waals surface area contributed by atoms with Crippen molar-refractivity contribution >= 4 is 0 Å². The average molecular weight is 277 g/mol. The number of hydrogen-bond donors (Lipinski definition) is 1. The summed E-state index contributed by atoms with van der Waals surface area (Å²) in [4.78, 5) is 3.93. The molecule has 1 atom stereocenters. The lowest BCUT2D eigenvalue weighted by Crippen LogP contribution is -2.05. The van der Waals surface area contributed by atoms with E-state index in [0.717, 1.165) is 0 Å². The SMILES string of the molecule is COc1ccc(CC(O)c2ccncc2OC)cc1F. The molecule has 2 rings (SSSR count). The van der Waals surface area contributed by atoms with Gasteiger partial charge in [-0.3, -0.25) is 4.98 Å². The maximum Gasteiger partial charge on any atom is 0.165 e. The van der Waals surface area contributed by atoms with E-state index in [-0.39, 0.29) is 12.2 Å². The Morgan fingerprint density at radius 1 is 1.20 bits per heavy atom. The summed E-state index contributed by atoms with van der Waals surface area (Å²) < 4.78 is 23.6. The number of rotatable bonds is 5. The minimum atomic E-state index is -0.791. The van der Waals surface area contributed by atoms with Crippen molar-refractivity contribution < 1.29 is 19.0 Å². The number of halogens is 1.